The number of hydrogen-bond donors (Lipinski definition) is 3. The van der Waals surface area contributed by atoms with Gasteiger partial charge in [0.15, 0.2) is 0 Å². The fourth-order valence-corrected chi connectivity index (χ4v) is 3.15. The number of benzene rings is 1. The summed E-state index contributed by atoms with van der Waals surface area (Å²) < 4.78 is 13.4. The van der Waals surface area contributed by atoms with Crippen molar-refractivity contribution >= 4 is 17.5 Å². The highest BCUT2D eigenvalue weighted by atomic mass is 19.1. The third-order valence-corrected chi connectivity index (χ3v) is 4.54. The Morgan fingerprint density at radius 1 is 1.33 bits per heavy atom. The maximum atomic E-state index is 13.4. The number of nitrogens with one attached hydrogen (secondary N) is 2. The van der Waals surface area contributed by atoms with Crippen molar-refractivity contribution in [1.29, 1.82) is 0 Å². The van der Waals surface area contributed by atoms with Crippen LogP contribution in [0.1, 0.15) is 44.6 Å². The van der Waals surface area contributed by atoms with E-state index >= 15 is 0 Å². The molecule has 4 N–H and O–H groups in total. The predicted molar refractivity (Wildman–Crippen MR) is 107 cm³/mol. The fourth-order valence-electron chi connectivity index (χ4n) is 3.15. The molecule has 1 aromatic carbocycles. The normalized spacial score (nSPS) is 19.1. The van der Waals surface area contributed by atoms with E-state index in [4.69, 9.17) is 5.73 Å². The van der Waals surface area contributed by atoms with Crippen LogP contribution < -0.4 is 16.4 Å². The third kappa shape index (κ3) is 5.66. The molecule has 0 amide bonds. The van der Waals surface area contributed by atoms with Gasteiger partial charge in [-0.2, -0.15) is 4.98 Å². The van der Waals surface area contributed by atoms with Crippen LogP contribution >= 0.6 is 0 Å². The zero-order valence-corrected chi connectivity index (χ0v) is 15.6. The van der Waals surface area contributed by atoms with Crippen molar-refractivity contribution in [3.63, 3.8) is 0 Å². The van der Waals surface area contributed by atoms with Gasteiger partial charge in [0.1, 0.15) is 11.6 Å². The van der Waals surface area contributed by atoms with Crippen LogP contribution in [0.4, 0.5) is 21.8 Å². The molecule has 142 valence electrons. The molecule has 1 unspecified atom stereocenters. The molecule has 6 heteroatoms. The summed E-state index contributed by atoms with van der Waals surface area (Å²) in [6.07, 6.45) is 6.95. The number of nitrogens with two attached hydrogens (primary N) is 1. The molecule has 1 aliphatic carbocycles. The lowest BCUT2D eigenvalue weighted by molar-refractivity contribution is 0.381. The Labute approximate surface area is 160 Å². The maximum Gasteiger partial charge on any atom is 0.229 e. The topological polar surface area (TPSA) is 75.9 Å². The monoisotopic (exact) mass is 367 g/mol. The van der Waals surface area contributed by atoms with E-state index in [0.29, 0.717) is 23.4 Å². The summed E-state index contributed by atoms with van der Waals surface area (Å²) in [6.45, 7) is 2.88. The summed E-state index contributed by atoms with van der Waals surface area (Å²) in [4.78, 5) is 8.87. The summed E-state index contributed by atoms with van der Waals surface area (Å²) in [6, 6.07) is 6.47. The standard InChI is InChI=1S/C21H26FN5/c1-2-11-24-20-16(10-9-15-5-3-7-18(23)12-15)14-25-21(27-20)26-19-8-4-6-17(22)13-19/h4,6,8,13-15,18H,2-3,5,7,11-12,23H2,1H3,(H2,24,25,26,27)/t15?,18-/m0/s1. The lowest BCUT2D eigenvalue weighted by atomic mass is 9.86. The molecule has 1 aliphatic rings. The molecule has 3 rings (SSSR count). The van der Waals surface area contributed by atoms with Gasteiger partial charge >= 0.3 is 0 Å². The van der Waals surface area contributed by atoms with Crippen LogP contribution in [0.15, 0.2) is 30.5 Å². The van der Waals surface area contributed by atoms with Crippen molar-refractivity contribution in [2.75, 3.05) is 17.2 Å². The van der Waals surface area contributed by atoms with Crippen LogP contribution in [0, 0.1) is 23.6 Å². The van der Waals surface area contributed by atoms with E-state index in [9.17, 15) is 4.39 Å². The van der Waals surface area contributed by atoms with E-state index in [2.05, 4.69) is 39.4 Å². The van der Waals surface area contributed by atoms with Crippen molar-refractivity contribution in [3.05, 3.63) is 41.8 Å². The summed E-state index contributed by atoms with van der Waals surface area (Å²) >= 11 is 0. The summed E-state index contributed by atoms with van der Waals surface area (Å²) in [7, 11) is 0. The van der Waals surface area contributed by atoms with Crippen molar-refractivity contribution < 1.29 is 4.39 Å². The molecule has 5 nitrogen and oxygen atoms in total. The first-order valence-electron chi connectivity index (χ1n) is 9.54. The highest BCUT2D eigenvalue weighted by molar-refractivity contribution is 5.59. The number of hydrogen-bond acceptors (Lipinski definition) is 5. The van der Waals surface area contributed by atoms with Crippen molar-refractivity contribution in [3.8, 4) is 11.8 Å². The Balaban J connectivity index is 1.79. The predicted octanol–water partition coefficient (Wildman–Crippen LogP) is 4.05. The molecule has 1 aromatic heterocycles. The number of aromatic nitrogens is 2. The first-order chi connectivity index (χ1) is 13.1. The summed E-state index contributed by atoms with van der Waals surface area (Å²) in [5, 5.41) is 6.34. The van der Waals surface area contributed by atoms with Crippen LogP contribution in [0.25, 0.3) is 0 Å². The van der Waals surface area contributed by atoms with Gasteiger partial charge in [0.05, 0.1) is 11.8 Å². The molecule has 0 bridgehead atoms. The minimum atomic E-state index is -0.308. The lowest BCUT2D eigenvalue weighted by Crippen LogP contribution is -2.27. The average Bonchev–Trinajstić information content (AvgIpc) is 2.65. The van der Waals surface area contributed by atoms with E-state index in [1.807, 2.05) is 0 Å². The second-order valence-corrected chi connectivity index (χ2v) is 6.91. The van der Waals surface area contributed by atoms with Gasteiger partial charge in [-0.1, -0.05) is 31.3 Å². The molecule has 2 aromatic rings. The van der Waals surface area contributed by atoms with E-state index in [-0.39, 0.29) is 11.9 Å². The molecule has 0 spiro atoms. The maximum absolute atomic E-state index is 13.4. The van der Waals surface area contributed by atoms with Crippen LogP contribution in [0.2, 0.25) is 0 Å². The van der Waals surface area contributed by atoms with E-state index < -0.39 is 0 Å². The Kier molecular flexibility index (Phi) is 6.61. The van der Waals surface area contributed by atoms with Crippen molar-refractivity contribution in [1.82, 2.24) is 9.97 Å². The molecule has 2 atom stereocenters. The number of anilines is 3. The second-order valence-electron chi connectivity index (χ2n) is 6.91. The molecule has 1 fully saturated rings. The quantitative estimate of drug-likeness (QED) is 0.695. The molecule has 0 aliphatic heterocycles. The first-order valence-corrected chi connectivity index (χ1v) is 9.54. The zero-order valence-electron chi connectivity index (χ0n) is 15.6. The van der Waals surface area contributed by atoms with Crippen LogP contribution in [0.3, 0.4) is 0 Å². The number of halogens is 1. The van der Waals surface area contributed by atoms with E-state index in [1.165, 1.54) is 12.1 Å². The van der Waals surface area contributed by atoms with Crippen LogP contribution in [-0.4, -0.2) is 22.6 Å². The smallest absolute Gasteiger partial charge is 0.229 e. The molecule has 0 saturated heterocycles. The van der Waals surface area contributed by atoms with Gasteiger partial charge in [0, 0.05) is 24.2 Å². The summed E-state index contributed by atoms with van der Waals surface area (Å²) in [5.74, 6) is 7.70. The second kappa shape index (κ2) is 9.33. The van der Waals surface area contributed by atoms with Crippen molar-refractivity contribution in [2.45, 2.75) is 45.1 Å². The fraction of sp³-hybridized carbons (Fsp3) is 0.429. The first kappa shape index (κ1) is 19.1. The van der Waals surface area contributed by atoms with Gasteiger partial charge in [0.2, 0.25) is 5.95 Å². The Morgan fingerprint density at radius 2 is 2.22 bits per heavy atom. The molecule has 1 saturated carbocycles. The highest BCUT2D eigenvalue weighted by Crippen LogP contribution is 2.23. The van der Waals surface area contributed by atoms with Crippen LogP contribution in [0.5, 0.6) is 0 Å². The largest absolute Gasteiger partial charge is 0.369 e. The molecule has 27 heavy (non-hydrogen) atoms. The van der Waals surface area contributed by atoms with Gasteiger partial charge in [-0.15, -0.1) is 0 Å². The summed E-state index contributed by atoms with van der Waals surface area (Å²) in [5.41, 5.74) is 7.43. The Bertz CT molecular complexity index is 827. The van der Waals surface area contributed by atoms with Crippen molar-refractivity contribution in [2.24, 2.45) is 11.7 Å². The Morgan fingerprint density at radius 3 is 3.00 bits per heavy atom. The molecule has 0 radical (unpaired) electrons. The Hall–Kier alpha value is -2.65. The third-order valence-electron chi connectivity index (χ3n) is 4.54. The lowest BCUT2D eigenvalue weighted by Gasteiger charge is -2.22. The number of nitrogens with zero attached hydrogens (tertiary/aromatic N) is 2. The van der Waals surface area contributed by atoms with Gasteiger partial charge in [-0.3, -0.25) is 0 Å². The average molecular weight is 367 g/mol. The van der Waals surface area contributed by atoms with Crippen LogP contribution in [-0.2, 0) is 0 Å². The van der Waals surface area contributed by atoms with E-state index in [0.717, 1.165) is 44.2 Å². The van der Waals surface area contributed by atoms with Gasteiger partial charge < -0.3 is 16.4 Å². The number of rotatable bonds is 5. The minimum Gasteiger partial charge on any atom is -0.369 e. The van der Waals surface area contributed by atoms with Gasteiger partial charge in [-0.05, 0) is 43.9 Å². The zero-order chi connectivity index (χ0) is 19.1. The molecule has 1 heterocycles. The van der Waals surface area contributed by atoms with E-state index in [1.54, 1.807) is 18.3 Å². The SMILES string of the molecule is CCCNc1nc(Nc2cccc(F)c2)ncc1C#CC1CCC[C@H](N)C1. The minimum absolute atomic E-state index is 0.254. The molecular formula is C21H26FN5. The molecular weight excluding hydrogens is 341 g/mol. The highest BCUT2D eigenvalue weighted by Gasteiger charge is 2.17. The van der Waals surface area contributed by atoms with Gasteiger partial charge in [0.25, 0.3) is 0 Å². The van der Waals surface area contributed by atoms with Gasteiger partial charge in [-0.25, -0.2) is 9.37 Å².